The van der Waals surface area contributed by atoms with Crippen molar-refractivity contribution in [3.05, 3.63) is 112 Å². The van der Waals surface area contributed by atoms with Crippen molar-refractivity contribution in [3.63, 3.8) is 0 Å². The summed E-state index contributed by atoms with van der Waals surface area (Å²) in [5.74, 6) is 0. The molecule has 4 nitrogen and oxygen atoms in total. The van der Waals surface area contributed by atoms with E-state index in [9.17, 15) is 0 Å². The second-order valence-corrected chi connectivity index (χ2v) is 11.2. The van der Waals surface area contributed by atoms with Crippen molar-refractivity contribution in [1.29, 1.82) is 0 Å². The molecule has 0 atom stereocenters. The van der Waals surface area contributed by atoms with Gasteiger partial charge in [-0.2, -0.15) is 0 Å². The molecule has 0 bridgehead atoms. The van der Waals surface area contributed by atoms with Gasteiger partial charge in [-0.05, 0) is 68.6 Å². The summed E-state index contributed by atoms with van der Waals surface area (Å²) in [5, 5.41) is 3.23. The number of hydrogen-bond donors (Lipinski definition) is 0. The van der Waals surface area contributed by atoms with Gasteiger partial charge < -0.3 is 14.4 Å². The summed E-state index contributed by atoms with van der Waals surface area (Å²) in [6, 6.07) is 27.1. The molecule has 0 fully saturated rings. The predicted molar refractivity (Wildman–Crippen MR) is 161 cm³/mol. The minimum absolute atomic E-state index is 0. The maximum absolute atomic E-state index is 6.10. The molecule has 0 saturated carbocycles. The van der Waals surface area contributed by atoms with E-state index in [4.69, 9.17) is 4.42 Å². The maximum atomic E-state index is 6.10. The van der Waals surface area contributed by atoms with Crippen molar-refractivity contribution < 1.29 is 24.5 Å². The molecular formula is C34H27IrN3OS-2. The Morgan fingerprint density at radius 2 is 1.65 bits per heavy atom. The molecule has 7 rings (SSSR count). The normalized spacial score (nSPS) is 10.9. The average molecular weight is 718 g/mol. The van der Waals surface area contributed by atoms with Crippen LogP contribution in [0.15, 0.2) is 77.5 Å². The van der Waals surface area contributed by atoms with Gasteiger partial charge in [0.25, 0.3) is 0 Å². The zero-order valence-corrected chi connectivity index (χ0v) is 26.1. The van der Waals surface area contributed by atoms with Crippen molar-refractivity contribution >= 4 is 43.5 Å². The minimum Gasteiger partial charge on any atom is -0.486 e. The first-order valence-electron chi connectivity index (χ1n) is 12.9. The Kier molecular flexibility index (Phi) is 7.95. The fraction of sp³-hybridized carbons (Fsp3) is 0.147. The van der Waals surface area contributed by atoms with Crippen LogP contribution >= 0.6 is 11.3 Å². The Morgan fingerprint density at radius 3 is 2.42 bits per heavy atom. The molecule has 7 aromatic rings. The van der Waals surface area contributed by atoms with E-state index in [0.717, 1.165) is 50.0 Å². The number of aryl methyl sites for hydroxylation is 5. The fourth-order valence-corrected chi connectivity index (χ4v) is 5.53. The molecule has 0 aliphatic carbocycles. The SMILES string of the molecule is Cc1c[c-]c(-c2cc(C)c(C)cn2)cc1.Cc1ccc2c(n1)oc1c(-c3nccc4sc(C)cc34)[c-]ccc12.[Ir]. The van der Waals surface area contributed by atoms with Crippen molar-refractivity contribution in [2.24, 2.45) is 0 Å². The summed E-state index contributed by atoms with van der Waals surface area (Å²) >= 11 is 1.78. The maximum Gasteiger partial charge on any atom is 0.216 e. The third-order valence-corrected chi connectivity index (χ3v) is 7.88. The van der Waals surface area contributed by atoms with E-state index >= 15 is 0 Å². The Hall–Kier alpha value is -3.70. The van der Waals surface area contributed by atoms with E-state index in [2.05, 4.69) is 91.2 Å². The number of furan rings is 1. The van der Waals surface area contributed by atoms with Crippen molar-refractivity contribution in [2.45, 2.75) is 34.6 Å². The summed E-state index contributed by atoms with van der Waals surface area (Å²) in [7, 11) is 0. The van der Waals surface area contributed by atoms with E-state index in [1.807, 2.05) is 43.6 Å². The summed E-state index contributed by atoms with van der Waals surface area (Å²) in [4.78, 5) is 14.8. The van der Waals surface area contributed by atoms with E-state index in [0.29, 0.717) is 5.71 Å². The van der Waals surface area contributed by atoms with Crippen LogP contribution in [0.4, 0.5) is 0 Å². The van der Waals surface area contributed by atoms with Gasteiger partial charge in [0.1, 0.15) is 0 Å². The third-order valence-electron chi connectivity index (χ3n) is 6.86. The van der Waals surface area contributed by atoms with Crippen LogP contribution in [0.5, 0.6) is 0 Å². The Labute approximate surface area is 251 Å². The van der Waals surface area contributed by atoms with E-state index in [1.54, 1.807) is 11.3 Å². The second-order valence-electron chi connectivity index (χ2n) is 9.86. The number of pyridine rings is 3. The molecule has 0 N–H and O–H groups in total. The van der Waals surface area contributed by atoms with Crippen LogP contribution in [0.3, 0.4) is 0 Å². The monoisotopic (exact) mass is 718 g/mol. The molecule has 0 amide bonds. The molecule has 0 saturated heterocycles. The molecule has 2 aromatic carbocycles. The number of benzene rings is 2. The van der Waals surface area contributed by atoms with Gasteiger partial charge in [-0.3, -0.25) is 0 Å². The Bertz CT molecular complexity index is 1970. The van der Waals surface area contributed by atoms with Gasteiger partial charge in [-0.25, -0.2) is 4.98 Å². The van der Waals surface area contributed by atoms with Crippen molar-refractivity contribution in [2.75, 3.05) is 0 Å². The van der Waals surface area contributed by atoms with Gasteiger partial charge in [0.2, 0.25) is 5.71 Å². The van der Waals surface area contributed by atoms with E-state index in [1.165, 1.54) is 26.3 Å². The second kappa shape index (κ2) is 11.4. The minimum atomic E-state index is 0. The molecule has 40 heavy (non-hydrogen) atoms. The first kappa shape index (κ1) is 27.9. The van der Waals surface area contributed by atoms with Crippen LogP contribution in [-0.4, -0.2) is 15.0 Å². The molecule has 201 valence electrons. The predicted octanol–water partition coefficient (Wildman–Crippen LogP) is 9.15. The standard InChI is InChI=1S/C20H13N2OS.C14H14N.Ir/c1-11-6-7-14-13-4-3-5-15(19(13)23-20(14)22-11)18-16-10-12(2)24-17(16)8-9-21-18;1-10-4-6-13(7-5-10)14-8-11(2)12(3)9-15-14;/h3-4,6-10H,1-2H3;4-6,8-9H,1-3H3;/q2*-1;. The zero-order valence-electron chi connectivity index (χ0n) is 22.9. The summed E-state index contributed by atoms with van der Waals surface area (Å²) < 4.78 is 7.33. The Balaban J connectivity index is 0.000000175. The topological polar surface area (TPSA) is 51.8 Å². The number of aromatic nitrogens is 3. The van der Waals surface area contributed by atoms with Crippen LogP contribution in [-0.2, 0) is 20.1 Å². The van der Waals surface area contributed by atoms with Crippen LogP contribution in [0.2, 0.25) is 0 Å². The van der Waals surface area contributed by atoms with Gasteiger partial charge in [-0.1, -0.05) is 29.5 Å². The van der Waals surface area contributed by atoms with Gasteiger partial charge in [-0.15, -0.1) is 64.9 Å². The molecule has 1 radical (unpaired) electrons. The third kappa shape index (κ3) is 5.35. The smallest absolute Gasteiger partial charge is 0.216 e. The molecule has 5 heterocycles. The number of rotatable bonds is 2. The number of thiophene rings is 1. The van der Waals surface area contributed by atoms with E-state index < -0.39 is 0 Å². The number of hydrogen-bond acceptors (Lipinski definition) is 5. The number of fused-ring (bicyclic) bond motifs is 4. The van der Waals surface area contributed by atoms with Gasteiger partial charge in [0.15, 0.2) is 0 Å². The largest absolute Gasteiger partial charge is 0.486 e. The van der Waals surface area contributed by atoms with Gasteiger partial charge in [0.05, 0.1) is 5.58 Å². The van der Waals surface area contributed by atoms with Crippen LogP contribution in [0, 0.1) is 46.8 Å². The first-order chi connectivity index (χ1) is 18.9. The van der Waals surface area contributed by atoms with Gasteiger partial charge in [0, 0.05) is 58.9 Å². The summed E-state index contributed by atoms with van der Waals surface area (Å²) in [6.07, 6.45) is 3.77. The van der Waals surface area contributed by atoms with Crippen LogP contribution < -0.4 is 0 Å². The Morgan fingerprint density at radius 1 is 0.800 bits per heavy atom. The average Bonchev–Trinajstić information content (AvgIpc) is 3.50. The molecule has 0 aliphatic heterocycles. The molecule has 0 spiro atoms. The summed E-state index contributed by atoms with van der Waals surface area (Å²) in [5.41, 5.74) is 10.0. The van der Waals surface area contributed by atoms with Crippen LogP contribution in [0.1, 0.15) is 27.3 Å². The van der Waals surface area contributed by atoms with Gasteiger partial charge >= 0.3 is 0 Å². The van der Waals surface area contributed by atoms with Crippen molar-refractivity contribution in [1.82, 2.24) is 15.0 Å². The number of nitrogens with zero attached hydrogens (tertiary/aromatic N) is 3. The zero-order chi connectivity index (χ0) is 27.1. The van der Waals surface area contributed by atoms with E-state index in [-0.39, 0.29) is 20.1 Å². The quantitative estimate of drug-likeness (QED) is 0.168. The van der Waals surface area contributed by atoms with Crippen molar-refractivity contribution in [3.8, 4) is 22.5 Å². The first-order valence-corrected chi connectivity index (χ1v) is 13.7. The molecular weight excluding hydrogens is 691 g/mol. The molecule has 0 unspecified atom stereocenters. The van der Waals surface area contributed by atoms with Crippen LogP contribution in [0.25, 0.3) is 54.7 Å². The molecule has 5 aromatic heterocycles. The molecule has 0 aliphatic rings. The summed E-state index contributed by atoms with van der Waals surface area (Å²) in [6.45, 7) is 10.3. The molecule has 6 heteroatoms. The fourth-order valence-electron chi connectivity index (χ4n) is 4.61.